The minimum atomic E-state index is -0.0813. The maximum atomic E-state index is 12.4. The summed E-state index contributed by atoms with van der Waals surface area (Å²) in [6, 6.07) is 17.8. The highest BCUT2D eigenvalue weighted by molar-refractivity contribution is 5.94. The van der Waals surface area contributed by atoms with E-state index in [9.17, 15) is 4.79 Å². The van der Waals surface area contributed by atoms with Crippen LogP contribution >= 0.6 is 0 Å². The summed E-state index contributed by atoms with van der Waals surface area (Å²) in [5.74, 6) is 0.814. The molecule has 0 atom stereocenters. The van der Waals surface area contributed by atoms with E-state index in [2.05, 4.69) is 22.4 Å². The molecule has 3 aromatic rings. The molecule has 1 heterocycles. The molecule has 0 spiro atoms. The predicted molar refractivity (Wildman–Crippen MR) is 103 cm³/mol. The van der Waals surface area contributed by atoms with Gasteiger partial charge in [-0.3, -0.25) is 4.79 Å². The number of carbonyl (C=O) groups is 1. The monoisotopic (exact) mass is 359 g/mol. The number of carbonyl (C=O) groups excluding carboxylic acids is 1. The van der Waals surface area contributed by atoms with E-state index < -0.39 is 0 Å². The van der Waals surface area contributed by atoms with Crippen LogP contribution in [-0.2, 0) is 26.0 Å². The first kappa shape index (κ1) is 17.3. The van der Waals surface area contributed by atoms with Crippen molar-refractivity contribution in [3.63, 3.8) is 0 Å². The van der Waals surface area contributed by atoms with Gasteiger partial charge in [-0.1, -0.05) is 18.2 Å². The number of nitrogens with one attached hydrogen (secondary N) is 2. The van der Waals surface area contributed by atoms with E-state index >= 15 is 0 Å². The Morgan fingerprint density at radius 2 is 1.81 bits per heavy atom. The van der Waals surface area contributed by atoms with Gasteiger partial charge in [0.1, 0.15) is 12.4 Å². The van der Waals surface area contributed by atoms with Crippen molar-refractivity contribution in [3.8, 4) is 5.75 Å². The summed E-state index contributed by atoms with van der Waals surface area (Å²) in [7, 11) is 0. The molecule has 0 unspecified atom stereocenters. The largest absolute Gasteiger partial charge is 0.489 e. The fourth-order valence-electron chi connectivity index (χ4n) is 3.43. The van der Waals surface area contributed by atoms with Gasteiger partial charge in [-0.05, 0) is 65.8 Å². The Balaban J connectivity index is 1.36. The number of hydrogen-bond acceptors (Lipinski definition) is 2. The number of hydrogen-bond donors (Lipinski definition) is 1. The first-order valence-electron chi connectivity index (χ1n) is 9.35. The van der Waals surface area contributed by atoms with Crippen LogP contribution in [0.2, 0.25) is 0 Å². The first-order chi connectivity index (χ1) is 13.3. The van der Waals surface area contributed by atoms with Gasteiger partial charge < -0.3 is 10.1 Å². The highest BCUT2D eigenvalue weighted by Gasteiger charge is 2.11. The van der Waals surface area contributed by atoms with Crippen LogP contribution in [0.4, 0.5) is 0 Å². The molecule has 1 aliphatic carbocycles. The third-order valence-corrected chi connectivity index (χ3v) is 4.90. The standard InChI is InChI=1S/C23H22N2O2/c26-23(25-15-17-9-11-24-12-10-17)21-6-1-3-18(13-21)16-27-22-8-7-19-4-2-5-20(19)14-22/h1,3,6-14H,2,4-5,15-16H2,(H,25,26)/p+1. The molecule has 1 aliphatic rings. The van der Waals surface area contributed by atoms with Gasteiger partial charge in [0, 0.05) is 24.2 Å². The number of rotatable bonds is 6. The maximum absolute atomic E-state index is 12.4. The van der Waals surface area contributed by atoms with Crippen LogP contribution in [0.25, 0.3) is 0 Å². The molecule has 0 saturated heterocycles. The number of H-pyrrole nitrogens is 1. The van der Waals surface area contributed by atoms with Crippen molar-refractivity contribution < 1.29 is 14.5 Å². The number of fused-ring (bicyclic) bond motifs is 1. The molecule has 2 aromatic carbocycles. The van der Waals surface area contributed by atoms with Crippen LogP contribution in [0, 0.1) is 0 Å². The average Bonchev–Trinajstić information content (AvgIpc) is 3.19. The second-order valence-corrected chi connectivity index (χ2v) is 6.86. The van der Waals surface area contributed by atoms with E-state index in [4.69, 9.17) is 4.74 Å². The van der Waals surface area contributed by atoms with Crippen LogP contribution < -0.4 is 15.0 Å². The minimum absolute atomic E-state index is 0.0813. The zero-order chi connectivity index (χ0) is 18.5. The lowest BCUT2D eigenvalue weighted by Crippen LogP contribution is -2.23. The van der Waals surface area contributed by atoms with E-state index in [0.717, 1.165) is 23.3 Å². The van der Waals surface area contributed by atoms with Crippen molar-refractivity contribution >= 4 is 5.91 Å². The summed E-state index contributed by atoms with van der Waals surface area (Å²) >= 11 is 0. The average molecular weight is 359 g/mol. The van der Waals surface area contributed by atoms with Gasteiger partial charge in [-0.15, -0.1) is 0 Å². The molecule has 4 nitrogen and oxygen atoms in total. The minimum Gasteiger partial charge on any atom is -0.489 e. The molecule has 2 N–H and O–H groups in total. The lowest BCUT2D eigenvalue weighted by atomic mass is 10.1. The Kier molecular flexibility index (Phi) is 5.15. The highest BCUT2D eigenvalue weighted by atomic mass is 16.5. The molecule has 27 heavy (non-hydrogen) atoms. The second-order valence-electron chi connectivity index (χ2n) is 6.86. The molecule has 0 fully saturated rings. The molecule has 1 aromatic heterocycles. The molecule has 0 bridgehead atoms. The summed E-state index contributed by atoms with van der Waals surface area (Å²) in [6.45, 7) is 0.956. The van der Waals surface area contributed by atoms with Crippen molar-refractivity contribution in [2.24, 2.45) is 0 Å². The van der Waals surface area contributed by atoms with Gasteiger partial charge >= 0.3 is 0 Å². The lowest BCUT2D eigenvalue weighted by Gasteiger charge is -2.10. The zero-order valence-corrected chi connectivity index (χ0v) is 15.2. The molecule has 0 saturated carbocycles. The Bertz CT molecular complexity index is 938. The van der Waals surface area contributed by atoms with Crippen LogP contribution in [0.3, 0.4) is 0 Å². The highest BCUT2D eigenvalue weighted by Crippen LogP contribution is 2.26. The van der Waals surface area contributed by atoms with Gasteiger partial charge in [-0.2, -0.15) is 0 Å². The van der Waals surface area contributed by atoms with Crippen molar-refractivity contribution in [3.05, 3.63) is 94.8 Å². The number of aryl methyl sites for hydroxylation is 2. The zero-order valence-electron chi connectivity index (χ0n) is 15.2. The number of aromatic nitrogens is 1. The second kappa shape index (κ2) is 8.04. The first-order valence-corrected chi connectivity index (χ1v) is 9.35. The molecule has 4 rings (SSSR count). The van der Waals surface area contributed by atoms with Crippen molar-refractivity contribution in [1.29, 1.82) is 0 Å². The van der Waals surface area contributed by atoms with Gasteiger partial charge in [0.15, 0.2) is 12.4 Å². The third kappa shape index (κ3) is 4.34. The molecular weight excluding hydrogens is 336 g/mol. The fraction of sp³-hybridized carbons (Fsp3) is 0.217. The van der Waals surface area contributed by atoms with Gasteiger partial charge in [0.05, 0.1) is 0 Å². The normalized spacial score (nSPS) is 12.4. The van der Waals surface area contributed by atoms with Crippen molar-refractivity contribution in [2.45, 2.75) is 32.4 Å². The smallest absolute Gasteiger partial charge is 0.251 e. The fourth-order valence-corrected chi connectivity index (χ4v) is 3.43. The number of pyridine rings is 1. The van der Waals surface area contributed by atoms with Crippen molar-refractivity contribution in [2.75, 3.05) is 0 Å². The topological polar surface area (TPSA) is 52.5 Å². The molecule has 4 heteroatoms. The van der Waals surface area contributed by atoms with E-state index in [1.54, 1.807) is 0 Å². The molecule has 0 aliphatic heterocycles. The number of amides is 1. The summed E-state index contributed by atoms with van der Waals surface area (Å²) in [5.41, 5.74) is 5.53. The van der Waals surface area contributed by atoms with E-state index in [0.29, 0.717) is 18.7 Å². The Labute approximate surface area is 159 Å². The summed E-state index contributed by atoms with van der Waals surface area (Å²) < 4.78 is 5.95. The van der Waals surface area contributed by atoms with Crippen molar-refractivity contribution in [1.82, 2.24) is 5.32 Å². The molecule has 0 radical (unpaired) electrons. The van der Waals surface area contributed by atoms with Crippen LogP contribution in [0.1, 0.15) is 39.0 Å². The van der Waals surface area contributed by atoms with Crippen LogP contribution in [-0.4, -0.2) is 5.91 Å². The Morgan fingerprint density at radius 1 is 0.963 bits per heavy atom. The number of ether oxygens (including phenoxy) is 1. The summed E-state index contributed by atoms with van der Waals surface area (Å²) in [6.07, 6.45) is 7.24. The maximum Gasteiger partial charge on any atom is 0.251 e. The SMILES string of the molecule is O=C(NCc1cc[nH+]cc1)c1cccc(COc2ccc3c(c2)CCC3)c1. The van der Waals surface area contributed by atoms with Gasteiger partial charge in [0.25, 0.3) is 5.91 Å². The Morgan fingerprint density at radius 3 is 2.70 bits per heavy atom. The molecular formula is C23H23N2O2+. The van der Waals surface area contributed by atoms with Gasteiger partial charge in [-0.25, -0.2) is 4.98 Å². The lowest BCUT2D eigenvalue weighted by molar-refractivity contribution is -0.378. The molecule has 136 valence electrons. The third-order valence-electron chi connectivity index (χ3n) is 4.90. The van der Waals surface area contributed by atoms with Crippen LogP contribution in [0.5, 0.6) is 5.75 Å². The molecule has 1 amide bonds. The van der Waals surface area contributed by atoms with Crippen LogP contribution in [0.15, 0.2) is 67.0 Å². The number of benzene rings is 2. The number of aromatic amines is 1. The van der Waals surface area contributed by atoms with Gasteiger partial charge in [0.2, 0.25) is 0 Å². The van der Waals surface area contributed by atoms with E-state index in [1.807, 2.05) is 54.9 Å². The predicted octanol–water partition coefficient (Wildman–Crippen LogP) is 3.50. The summed E-state index contributed by atoms with van der Waals surface area (Å²) in [5, 5.41) is 2.95. The summed E-state index contributed by atoms with van der Waals surface area (Å²) in [4.78, 5) is 15.4. The van der Waals surface area contributed by atoms with E-state index in [1.165, 1.54) is 24.0 Å². The van der Waals surface area contributed by atoms with E-state index in [-0.39, 0.29) is 5.91 Å². The Hall–Kier alpha value is -3.14. The quantitative estimate of drug-likeness (QED) is 0.732.